The quantitative estimate of drug-likeness (QED) is 0.290. The average molecular weight is 466 g/mol. The van der Waals surface area contributed by atoms with Gasteiger partial charge in [-0.3, -0.25) is 14.9 Å². The molecule has 0 unspecified atom stereocenters. The summed E-state index contributed by atoms with van der Waals surface area (Å²) in [6, 6.07) is 12.2. The van der Waals surface area contributed by atoms with Gasteiger partial charge >= 0.3 is 0 Å². The van der Waals surface area contributed by atoms with Gasteiger partial charge in [0.1, 0.15) is 5.82 Å². The molecular formula is C22H19N5O3S2. The van der Waals surface area contributed by atoms with E-state index < -0.39 is 4.92 Å². The molecule has 0 atom stereocenters. The van der Waals surface area contributed by atoms with E-state index in [1.165, 1.54) is 34.1 Å². The fourth-order valence-corrected chi connectivity index (χ4v) is 5.10. The fourth-order valence-electron chi connectivity index (χ4n) is 3.22. The summed E-state index contributed by atoms with van der Waals surface area (Å²) >= 11 is 2.64. The summed E-state index contributed by atoms with van der Waals surface area (Å²) in [6.07, 6.45) is 0. The molecular weight excluding hydrogens is 446 g/mol. The Kier molecular flexibility index (Phi) is 6.15. The number of aryl methyl sites for hydroxylation is 2. The standard InChI is InChI=1S/C22H19N5O3S2/c1-13-12-31-22(23-13)32-19-9-8-15(10-18(19)27(29)30)21(28)26(3)11-20-24-14(2)16-6-4-5-7-17(16)25-20/h4-10,12H,11H2,1-3H3. The van der Waals surface area contributed by atoms with Gasteiger partial charge in [-0.2, -0.15) is 0 Å². The van der Waals surface area contributed by atoms with Gasteiger partial charge in [-0.1, -0.05) is 30.0 Å². The number of fused-ring (bicyclic) bond motifs is 1. The zero-order valence-electron chi connectivity index (χ0n) is 17.6. The van der Waals surface area contributed by atoms with Crippen LogP contribution in [0.3, 0.4) is 0 Å². The van der Waals surface area contributed by atoms with E-state index in [0.717, 1.165) is 22.3 Å². The van der Waals surface area contributed by atoms with E-state index in [4.69, 9.17) is 0 Å². The van der Waals surface area contributed by atoms with Crippen LogP contribution in [0.4, 0.5) is 5.69 Å². The van der Waals surface area contributed by atoms with Crippen LogP contribution < -0.4 is 0 Å². The van der Waals surface area contributed by atoms with Crippen LogP contribution in [-0.2, 0) is 6.54 Å². The van der Waals surface area contributed by atoms with E-state index >= 15 is 0 Å². The number of rotatable bonds is 6. The topological polar surface area (TPSA) is 102 Å². The minimum Gasteiger partial charge on any atom is -0.334 e. The van der Waals surface area contributed by atoms with Crippen LogP contribution >= 0.6 is 23.1 Å². The van der Waals surface area contributed by atoms with Crippen LogP contribution in [0.1, 0.15) is 27.6 Å². The van der Waals surface area contributed by atoms with Crippen molar-refractivity contribution in [1.29, 1.82) is 0 Å². The molecule has 0 N–H and O–H groups in total. The largest absolute Gasteiger partial charge is 0.334 e. The molecule has 8 nitrogen and oxygen atoms in total. The Bertz CT molecular complexity index is 1340. The van der Waals surface area contributed by atoms with Crippen molar-refractivity contribution in [2.75, 3.05) is 7.05 Å². The van der Waals surface area contributed by atoms with Crippen molar-refractivity contribution >= 4 is 45.6 Å². The van der Waals surface area contributed by atoms with Crippen LogP contribution in [0, 0.1) is 24.0 Å². The van der Waals surface area contributed by atoms with Gasteiger partial charge in [0, 0.05) is 40.8 Å². The van der Waals surface area contributed by atoms with Gasteiger partial charge in [0.15, 0.2) is 4.34 Å². The minimum absolute atomic E-state index is 0.125. The molecule has 0 aliphatic carbocycles. The zero-order valence-corrected chi connectivity index (χ0v) is 19.2. The lowest BCUT2D eigenvalue weighted by Gasteiger charge is -2.17. The van der Waals surface area contributed by atoms with Crippen molar-refractivity contribution in [3.8, 4) is 0 Å². The van der Waals surface area contributed by atoms with Crippen LogP contribution in [0.25, 0.3) is 10.9 Å². The number of carbonyl (C=O) groups excluding carboxylic acids is 1. The first-order valence-electron chi connectivity index (χ1n) is 9.68. The van der Waals surface area contributed by atoms with Gasteiger partial charge in [-0.25, -0.2) is 15.0 Å². The normalized spacial score (nSPS) is 11.0. The van der Waals surface area contributed by atoms with E-state index in [0.29, 0.717) is 15.1 Å². The molecule has 162 valence electrons. The molecule has 10 heteroatoms. The highest BCUT2D eigenvalue weighted by Crippen LogP contribution is 2.37. The molecule has 0 fully saturated rings. The highest BCUT2D eigenvalue weighted by molar-refractivity contribution is 8.01. The number of hydrogen-bond acceptors (Lipinski definition) is 8. The zero-order chi connectivity index (χ0) is 22.8. The predicted molar refractivity (Wildman–Crippen MR) is 124 cm³/mol. The molecule has 0 saturated heterocycles. The van der Waals surface area contributed by atoms with Crippen molar-refractivity contribution in [1.82, 2.24) is 19.9 Å². The predicted octanol–water partition coefficient (Wildman–Crippen LogP) is 5.03. The van der Waals surface area contributed by atoms with Gasteiger partial charge < -0.3 is 4.90 Å². The highest BCUT2D eigenvalue weighted by atomic mass is 32.2. The first kappa shape index (κ1) is 21.8. The average Bonchev–Trinajstić information content (AvgIpc) is 3.18. The number of benzene rings is 2. The smallest absolute Gasteiger partial charge is 0.284 e. The van der Waals surface area contributed by atoms with E-state index in [1.54, 1.807) is 19.2 Å². The molecule has 4 rings (SSSR count). The van der Waals surface area contributed by atoms with Crippen molar-refractivity contribution in [2.45, 2.75) is 29.6 Å². The van der Waals surface area contributed by atoms with Crippen molar-refractivity contribution in [3.63, 3.8) is 0 Å². The van der Waals surface area contributed by atoms with Gasteiger partial charge in [-0.15, -0.1) is 11.3 Å². The number of nitro benzene ring substituents is 1. The summed E-state index contributed by atoms with van der Waals surface area (Å²) in [7, 11) is 1.63. The molecule has 2 aromatic heterocycles. The Morgan fingerprint density at radius 2 is 1.94 bits per heavy atom. The maximum absolute atomic E-state index is 13.0. The van der Waals surface area contributed by atoms with Gasteiger partial charge in [-0.05, 0) is 32.0 Å². The molecule has 0 saturated carbocycles. The first-order chi connectivity index (χ1) is 15.3. The molecule has 1 amide bonds. The third kappa shape index (κ3) is 4.61. The third-order valence-electron chi connectivity index (χ3n) is 4.76. The summed E-state index contributed by atoms with van der Waals surface area (Å²) < 4.78 is 0.714. The Morgan fingerprint density at radius 1 is 1.16 bits per heavy atom. The fraction of sp³-hybridized carbons (Fsp3) is 0.182. The summed E-state index contributed by atoms with van der Waals surface area (Å²) in [5.74, 6) is 0.169. The molecule has 2 aromatic carbocycles. The number of nitrogens with zero attached hydrogens (tertiary/aromatic N) is 5. The van der Waals surface area contributed by atoms with Crippen LogP contribution in [0.15, 0.2) is 57.1 Å². The molecule has 0 aliphatic heterocycles. The lowest BCUT2D eigenvalue weighted by molar-refractivity contribution is -0.387. The molecule has 4 aromatic rings. The van der Waals surface area contributed by atoms with E-state index in [-0.39, 0.29) is 23.7 Å². The lowest BCUT2D eigenvalue weighted by Crippen LogP contribution is -2.27. The third-order valence-corrected chi connectivity index (χ3v) is 6.88. The second-order valence-electron chi connectivity index (χ2n) is 7.20. The van der Waals surface area contributed by atoms with E-state index in [9.17, 15) is 14.9 Å². The van der Waals surface area contributed by atoms with Gasteiger partial charge in [0.25, 0.3) is 11.6 Å². The SMILES string of the molecule is Cc1csc(Sc2ccc(C(=O)N(C)Cc3nc(C)c4ccccc4n3)cc2[N+](=O)[O-])n1. The molecule has 0 spiro atoms. The first-order valence-corrected chi connectivity index (χ1v) is 11.4. The summed E-state index contributed by atoms with van der Waals surface area (Å²) in [5, 5.41) is 14.5. The van der Waals surface area contributed by atoms with Crippen molar-refractivity contribution < 1.29 is 9.72 Å². The van der Waals surface area contributed by atoms with Crippen LogP contribution in [0.2, 0.25) is 0 Å². The van der Waals surface area contributed by atoms with Crippen molar-refractivity contribution in [3.05, 3.63) is 80.7 Å². The number of amides is 1. The number of hydrogen-bond donors (Lipinski definition) is 0. The molecule has 2 heterocycles. The number of para-hydroxylation sites is 1. The molecule has 0 aliphatic rings. The number of carbonyl (C=O) groups is 1. The highest BCUT2D eigenvalue weighted by Gasteiger charge is 2.22. The van der Waals surface area contributed by atoms with Crippen LogP contribution in [-0.4, -0.2) is 37.7 Å². The Morgan fingerprint density at radius 3 is 2.66 bits per heavy atom. The Labute approximate surface area is 192 Å². The minimum atomic E-state index is -0.477. The molecule has 32 heavy (non-hydrogen) atoms. The van der Waals surface area contributed by atoms with Gasteiger partial charge in [0.2, 0.25) is 0 Å². The molecule has 0 radical (unpaired) electrons. The monoisotopic (exact) mass is 465 g/mol. The second kappa shape index (κ2) is 9.01. The molecule has 0 bridgehead atoms. The second-order valence-corrected chi connectivity index (χ2v) is 9.35. The Hall–Kier alpha value is -3.37. The lowest BCUT2D eigenvalue weighted by atomic mass is 10.1. The number of nitro groups is 1. The van der Waals surface area contributed by atoms with E-state index in [1.807, 2.05) is 43.5 Å². The van der Waals surface area contributed by atoms with Crippen molar-refractivity contribution in [2.24, 2.45) is 0 Å². The maximum Gasteiger partial charge on any atom is 0.284 e. The summed E-state index contributed by atoms with van der Waals surface area (Å²) in [4.78, 5) is 39.4. The van der Waals surface area contributed by atoms with Crippen LogP contribution in [0.5, 0.6) is 0 Å². The summed E-state index contributed by atoms with van der Waals surface area (Å²) in [5.41, 5.74) is 2.61. The summed E-state index contributed by atoms with van der Waals surface area (Å²) in [6.45, 7) is 3.96. The number of thiazole rings is 1. The number of aromatic nitrogens is 3. The van der Waals surface area contributed by atoms with Gasteiger partial charge in [0.05, 0.1) is 21.9 Å². The maximum atomic E-state index is 13.0. The Balaban J connectivity index is 1.57. The van der Waals surface area contributed by atoms with E-state index in [2.05, 4.69) is 15.0 Å².